The number of anilines is 1. The molecule has 26 heavy (non-hydrogen) atoms. The van der Waals surface area contributed by atoms with Crippen LogP contribution in [-0.2, 0) is 11.2 Å². The first-order chi connectivity index (χ1) is 12.7. The predicted octanol–water partition coefficient (Wildman–Crippen LogP) is 3.16. The molecule has 136 valence electrons. The van der Waals surface area contributed by atoms with Gasteiger partial charge in [0.1, 0.15) is 0 Å². The van der Waals surface area contributed by atoms with Crippen LogP contribution in [0.2, 0.25) is 0 Å². The zero-order valence-corrected chi connectivity index (χ0v) is 15.0. The Labute approximate surface area is 151 Å². The fraction of sp³-hybridized carbons (Fsp3) is 0.263. The first-order valence-electron chi connectivity index (χ1n) is 8.18. The first-order valence-corrected chi connectivity index (χ1v) is 8.18. The number of nitrogens with zero attached hydrogens (tertiary/aromatic N) is 1. The number of fused-ring (bicyclic) bond motifs is 1. The predicted molar refractivity (Wildman–Crippen MR) is 99.1 cm³/mol. The molecule has 1 aromatic heterocycles. The van der Waals surface area contributed by atoms with Crippen LogP contribution < -0.4 is 19.5 Å². The number of rotatable bonds is 7. The quantitative estimate of drug-likeness (QED) is 0.680. The zero-order chi connectivity index (χ0) is 18.5. The molecule has 2 aromatic carbocycles. The number of methoxy groups -OCH3 is 3. The molecule has 0 atom stereocenters. The van der Waals surface area contributed by atoms with Gasteiger partial charge in [-0.1, -0.05) is 18.2 Å². The van der Waals surface area contributed by atoms with Crippen LogP contribution in [-0.4, -0.2) is 37.2 Å². The number of carbonyl (C=O) groups is 1. The summed E-state index contributed by atoms with van der Waals surface area (Å²) < 4.78 is 16.1. The number of H-pyrrole nitrogens is 1. The number of ether oxygens (including phenoxy) is 3. The van der Waals surface area contributed by atoms with E-state index in [0.29, 0.717) is 29.6 Å². The summed E-state index contributed by atoms with van der Waals surface area (Å²) in [5.74, 6) is 1.98. The van der Waals surface area contributed by atoms with E-state index in [2.05, 4.69) is 15.3 Å². The van der Waals surface area contributed by atoms with Crippen LogP contribution in [0.25, 0.3) is 11.0 Å². The molecule has 0 saturated carbocycles. The lowest BCUT2D eigenvalue weighted by molar-refractivity contribution is -0.116. The number of para-hydroxylation sites is 2. The third-order valence-electron chi connectivity index (χ3n) is 4.05. The van der Waals surface area contributed by atoms with Gasteiger partial charge < -0.3 is 19.2 Å². The number of hydrogen-bond donors (Lipinski definition) is 2. The largest absolute Gasteiger partial charge is 0.493 e. The van der Waals surface area contributed by atoms with E-state index in [1.165, 1.54) is 0 Å². The van der Waals surface area contributed by atoms with Gasteiger partial charge in [-0.05, 0) is 30.2 Å². The third kappa shape index (κ3) is 3.56. The van der Waals surface area contributed by atoms with Gasteiger partial charge in [0.15, 0.2) is 11.5 Å². The lowest BCUT2D eigenvalue weighted by Gasteiger charge is -2.15. The van der Waals surface area contributed by atoms with Crippen LogP contribution >= 0.6 is 0 Å². The summed E-state index contributed by atoms with van der Waals surface area (Å²) in [6.07, 6.45) is 0.776. The van der Waals surface area contributed by atoms with Gasteiger partial charge in [-0.25, -0.2) is 4.98 Å². The molecule has 0 aliphatic rings. The number of amides is 1. The lowest BCUT2D eigenvalue weighted by atomic mass is 10.1. The van der Waals surface area contributed by atoms with E-state index in [9.17, 15) is 4.79 Å². The van der Waals surface area contributed by atoms with Gasteiger partial charge >= 0.3 is 0 Å². The van der Waals surface area contributed by atoms with Gasteiger partial charge in [0.25, 0.3) is 0 Å². The van der Waals surface area contributed by atoms with Crippen molar-refractivity contribution in [1.29, 1.82) is 0 Å². The maximum atomic E-state index is 12.3. The Morgan fingerprint density at radius 1 is 1.04 bits per heavy atom. The van der Waals surface area contributed by atoms with E-state index in [-0.39, 0.29) is 12.3 Å². The number of imidazole rings is 1. The summed E-state index contributed by atoms with van der Waals surface area (Å²) in [6, 6.07) is 11.3. The Bertz CT molecular complexity index is 887. The van der Waals surface area contributed by atoms with E-state index < -0.39 is 0 Å². The molecule has 3 rings (SSSR count). The molecule has 1 amide bonds. The number of aromatic nitrogens is 2. The molecule has 3 aromatic rings. The van der Waals surface area contributed by atoms with E-state index >= 15 is 0 Å². The maximum Gasteiger partial charge on any atom is 0.227 e. The maximum absolute atomic E-state index is 12.3. The second-order valence-corrected chi connectivity index (χ2v) is 5.64. The minimum absolute atomic E-state index is 0.138. The fourth-order valence-electron chi connectivity index (χ4n) is 2.81. The van der Waals surface area contributed by atoms with Crippen molar-refractivity contribution in [3.05, 3.63) is 42.0 Å². The molecule has 0 saturated heterocycles. The molecule has 0 radical (unpaired) electrons. The van der Waals surface area contributed by atoms with Crippen molar-refractivity contribution >= 4 is 22.9 Å². The fourth-order valence-corrected chi connectivity index (χ4v) is 2.81. The van der Waals surface area contributed by atoms with Crippen molar-refractivity contribution in [1.82, 2.24) is 9.97 Å². The van der Waals surface area contributed by atoms with Crippen LogP contribution in [0.5, 0.6) is 17.2 Å². The van der Waals surface area contributed by atoms with Crippen LogP contribution in [0.15, 0.2) is 36.4 Å². The monoisotopic (exact) mass is 355 g/mol. The van der Waals surface area contributed by atoms with Crippen molar-refractivity contribution in [2.45, 2.75) is 12.8 Å². The minimum Gasteiger partial charge on any atom is -0.493 e. The summed E-state index contributed by atoms with van der Waals surface area (Å²) in [5, 5.41) is 2.79. The van der Waals surface area contributed by atoms with Gasteiger partial charge in [0.05, 0.1) is 32.4 Å². The van der Waals surface area contributed by atoms with Crippen molar-refractivity contribution < 1.29 is 19.0 Å². The minimum atomic E-state index is -0.138. The molecule has 0 aliphatic carbocycles. The highest BCUT2D eigenvalue weighted by atomic mass is 16.5. The Morgan fingerprint density at radius 3 is 2.50 bits per heavy atom. The number of nitrogens with one attached hydrogen (secondary N) is 2. The molecule has 0 aliphatic heterocycles. The van der Waals surface area contributed by atoms with Crippen LogP contribution in [0.4, 0.5) is 5.95 Å². The van der Waals surface area contributed by atoms with E-state index in [1.54, 1.807) is 27.4 Å². The molecule has 1 heterocycles. The van der Waals surface area contributed by atoms with Gasteiger partial charge in [-0.3, -0.25) is 10.1 Å². The molecule has 2 N–H and O–H groups in total. The normalized spacial score (nSPS) is 10.6. The third-order valence-corrected chi connectivity index (χ3v) is 4.05. The average molecular weight is 355 g/mol. The average Bonchev–Trinajstić information content (AvgIpc) is 3.07. The van der Waals surface area contributed by atoms with E-state index in [1.807, 2.05) is 30.3 Å². The Hall–Kier alpha value is -3.22. The van der Waals surface area contributed by atoms with Gasteiger partial charge in [-0.2, -0.15) is 0 Å². The highest BCUT2D eigenvalue weighted by Gasteiger charge is 2.16. The number of benzene rings is 2. The van der Waals surface area contributed by atoms with E-state index in [0.717, 1.165) is 16.6 Å². The topological polar surface area (TPSA) is 85.5 Å². The van der Waals surface area contributed by atoms with Crippen molar-refractivity contribution in [2.24, 2.45) is 0 Å². The smallest absolute Gasteiger partial charge is 0.227 e. The molecule has 7 heteroatoms. The summed E-state index contributed by atoms with van der Waals surface area (Å²) >= 11 is 0. The standard InChI is InChI=1S/C19H21N3O4/c1-24-15-10-8-12(17(25-2)18(15)26-3)9-11-16(23)22-19-20-13-6-4-5-7-14(13)21-19/h4-8,10H,9,11H2,1-3H3,(H2,20,21,22,23). The van der Waals surface area contributed by atoms with Crippen molar-refractivity contribution in [3.8, 4) is 17.2 Å². The first kappa shape index (κ1) is 17.6. The Balaban J connectivity index is 1.69. The summed E-state index contributed by atoms with van der Waals surface area (Å²) in [6.45, 7) is 0. The molecule has 0 fully saturated rings. The summed E-state index contributed by atoms with van der Waals surface area (Å²) in [4.78, 5) is 19.7. The number of hydrogen-bond acceptors (Lipinski definition) is 5. The molecular formula is C19H21N3O4. The second kappa shape index (κ2) is 7.77. The molecular weight excluding hydrogens is 334 g/mol. The molecule has 7 nitrogen and oxygen atoms in total. The van der Waals surface area contributed by atoms with Crippen LogP contribution in [0.1, 0.15) is 12.0 Å². The van der Waals surface area contributed by atoms with Crippen molar-refractivity contribution in [3.63, 3.8) is 0 Å². The SMILES string of the molecule is COc1ccc(CCC(=O)Nc2nc3ccccc3[nH]2)c(OC)c1OC. The zero-order valence-electron chi connectivity index (χ0n) is 15.0. The molecule has 0 bridgehead atoms. The number of carbonyl (C=O) groups excluding carboxylic acids is 1. The van der Waals surface area contributed by atoms with E-state index in [4.69, 9.17) is 14.2 Å². The lowest BCUT2D eigenvalue weighted by Crippen LogP contribution is -2.13. The van der Waals surface area contributed by atoms with Crippen LogP contribution in [0, 0.1) is 0 Å². The second-order valence-electron chi connectivity index (χ2n) is 5.64. The summed E-state index contributed by atoms with van der Waals surface area (Å²) in [7, 11) is 4.69. The number of aromatic amines is 1. The number of aryl methyl sites for hydroxylation is 1. The van der Waals surface area contributed by atoms with Gasteiger partial charge in [0.2, 0.25) is 17.6 Å². The Morgan fingerprint density at radius 2 is 1.81 bits per heavy atom. The van der Waals surface area contributed by atoms with Gasteiger partial charge in [0, 0.05) is 6.42 Å². The van der Waals surface area contributed by atoms with Crippen LogP contribution in [0.3, 0.4) is 0 Å². The van der Waals surface area contributed by atoms with Gasteiger partial charge in [-0.15, -0.1) is 0 Å². The highest BCUT2D eigenvalue weighted by Crippen LogP contribution is 2.40. The Kier molecular flexibility index (Phi) is 5.26. The molecule has 0 spiro atoms. The van der Waals surface area contributed by atoms with Crippen molar-refractivity contribution in [2.75, 3.05) is 26.6 Å². The summed E-state index contributed by atoms with van der Waals surface area (Å²) in [5.41, 5.74) is 2.55. The molecule has 0 unspecified atom stereocenters. The highest BCUT2D eigenvalue weighted by molar-refractivity contribution is 5.91.